The quantitative estimate of drug-likeness (QED) is 0.911. The molecule has 3 rings (SSSR count). The van der Waals surface area contributed by atoms with Crippen molar-refractivity contribution >= 4 is 0 Å². The van der Waals surface area contributed by atoms with Crippen molar-refractivity contribution in [2.24, 2.45) is 5.92 Å². The second-order valence-electron chi connectivity index (χ2n) is 4.71. The molecule has 1 fully saturated rings. The van der Waals surface area contributed by atoms with Gasteiger partial charge in [0.05, 0.1) is 12.9 Å². The first-order valence-corrected chi connectivity index (χ1v) is 6.62. The van der Waals surface area contributed by atoms with Gasteiger partial charge < -0.3 is 14.5 Å². The second-order valence-corrected chi connectivity index (χ2v) is 4.71. The maximum atomic E-state index is 5.83. The molecule has 0 radical (unpaired) electrons. The van der Waals surface area contributed by atoms with E-state index in [1.165, 1.54) is 12.8 Å². The number of hydrogen-bond donors (Lipinski definition) is 1. The molecule has 0 bridgehead atoms. The summed E-state index contributed by atoms with van der Waals surface area (Å²) in [5.74, 6) is 1.77. The Morgan fingerprint density at radius 2 is 2.32 bits per heavy atom. The lowest BCUT2D eigenvalue weighted by Crippen LogP contribution is -2.33. The van der Waals surface area contributed by atoms with E-state index in [1.54, 1.807) is 18.7 Å². The number of rotatable bonds is 4. The van der Waals surface area contributed by atoms with Gasteiger partial charge in [-0.25, -0.2) is 9.97 Å². The van der Waals surface area contributed by atoms with Gasteiger partial charge >= 0.3 is 0 Å². The molecule has 0 saturated carbocycles. The summed E-state index contributed by atoms with van der Waals surface area (Å²) in [6.07, 6.45) is 7.31. The van der Waals surface area contributed by atoms with Gasteiger partial charge in [0, 0.05) is 24.9 Å². The van der Waals surface area contributed by atoms with Gasteiger partial charge in [0.2, 0.25) is 5.88 Å². The molecule has 1 unspecified atom stereocenters. The molecule has 5 nitrogen and oxygen atoms in total. The lowest BCUT2D eigenvalue weighted by atomic mass is 10.0. The Hall–Kier alpha value is -1.88. The van der Waals surface area contributed by atoms with E-state index in [9.17, 15) is 0 Å². The van der Waals surface area contributed by atoms with Crippen LogP contribution in [-0.4, -0.2) is 29.7 Å². The van der Waals surface area contributed by atoms with Crippen molar-refractivity contribution in [3.8, 4) is 17.3 Å². The first-order chi connectivity index (χ1) is 9.43. The van der Waals surface area contributed by atoms with Gasteiger partial charge in [-0.2, -0.15) is 0 Å². The minimum atomic E-state index is 0.542. The number of aromatic nitrogens is 2. The Bertz CT molecular complexity index is 507. The SMILES string of the molecule is c1coc(-c2nccnc2OCC2CCCNC2)c1. The topological polar surface area (TPSA) is 60.2 Å². The highest BCUT2D eigenvalue weighted by atomic mass is 16.5. The van der Waals surface area contributed by atoms with Gasteiger partial charge in [-0.3, -0.25) is 0 Å². The van der Waals surface area contributed by atoms with Gasteiger partial charge in [0.1, 0.15) is 0 Å². The molecule has 0 aliphatic carbocycles. The molecule has 3 heterocycles. The van der Waals surface area contributed by atoms with Crippen LogP contribution in [0.2, 0.25) is 0 Å². The van der Waals surface area contributed by atoms with Crippen molar-refractivity contribution in [2.75, 3.05) is 19.7 Å². The van der Waals surface area contributed by atoms with Crippen LogP contribution in [0.3, 0.4) is 0 Å². The largest absolute Gasteiger partial charge is 0.476 e. The highest BCUT2D eigenvalue weighted by Gasteiger charge is 2.16. The van der Waals surface area contributed by atoms with Crippen molar-refractivity contribution in [3.63, 3.8) is 0 Å². The average molecular weight is 259 g/mol. The minimum absolute atomic E-state index is 0.542. The van der Waals surface area contributed by atoms with E-state index in [0.29, 0.717) is 29.9 Å². The summed E-state index contributed by atoms with van der Waals surface area (Å²) >= 11 is 0. The lowest BCUT2D eigenvalue weighted by Gasteiger charge is -2.22. The molecule has 0 aromatic carbocycles. The fraction of sp³-hybridized carbons (Fsp3) is 0.429. The normalized spacial score (nSPS) is 19.3. The summed E-state index contributed by atoms with van der Waals surface area (Å²) in [5.41, 5.74) is 0.663. The van der Waals surface area contributed by atoms with Gasteiger partial charge in [-0.1, -0.05) is 0 Å². The zero-order chi connectivity index (χ0) is 12.9. The number of furan rings is 1. The molecule has 0 spiro atoms. The van der Waals surface area contributed by atoms with Gasteiger partial charge in [-0.15, -0.1) is 0 Å². The minimum Gasteiger partial charge on any atom is -0.476 e. The van der Waals surface area contributed by atoms with Crippen molar-refractivity contribution in [1.29, 1.82) is 0 Å². The van der Waals surface area contributed by atoms with Crippen molar-refractivity contribution in [1.82, 2.24) is 15.3 Å². The smallest absolute Gasteiger partial charge is 0.243 e. The van der Waals surface area contributed by atoms with E-state index in [0.717, 1.165) is 13.1 Å². The van der Waals surface area contributed by atoms with E-state index in [2.05, 4.69) is 15.3 Å². The molecule has 1 N–H and O–H groups in total. The molecule has 1 atom stereocenters. The monoisotopic (exact) mass is 259 g/mol. The van der Waals surface area contributed by atoms with Gasteiger partial charge in [-0.05, 0) is 31.5 Å². The highest BCUT2D eigenvalue weighted by molar-refractivity contribution is 5.57. The number of nitrogens with one attached hydrogen (secondary N) is 1. The highest BCUT2D eigenvalue weighted by Crippen LogP contribution is 2.26. The third-order valence-corrected chi connectivity index (χ3v) is 3.27. The second kappa shape index (κ2) is 5.84. The van der Waals surface area contributed by atoms with E-state index in [-0.39, 0.29) is 0 Å². The molecule has 1 aliphatic rings. The number of nitrogens with zero attached hydrogens (tertiary/aromatic N) is 2. The molecule has 1 aliphatic heterocycles. The van der Waals surface area contributed by atoms with Crippen molar-refractivity contribution in [3.05, 3.63) is 30.8 Å². The Labute approximate surface area is 112 Å². The molecule has 5 heteroatoms. The van der Waals surface area contributed by atoms with Crippen LogP contribution in [-0.2, 0) is 0 Å². The number of piperidine rings is 1. The predicted octanol–water partition coefficient (Wildman–Crippen LogP) is 2.11. The Morgan fingerprint density at radius 3 is 3.11 bits per heavy atom. The van der Waals surface area contributed by atoms with Gasteiger partial charge in [0.25, 0.3) is 0 Å². The molecule has 19 heavy (non-hydrogen) atoms. The maximum absolute atomic E-state index is 5.83. The lowest BCUT2D eigenvalue weighted by molar-refractivity contribution is 0.212. The molecular weight excluding hydrogens is 242 g/mol. The molecule has 100 valence electrons. The van der Waals surface area contributed by atoms with E-state index < -0.39 is 0 Å². The Morgan fingerprint density at radius 1 is 1.37 bits per heavy atom. The first kappa shape index (κ1) is 12.2. The summed E-state index contributed by atoms with van der Waals surface area (Å²) < 4.78 is 11.2. The number of ether oxygens (including phenoxy) is 1. The van der Waals surface area contributed by atoms with Crippen LogP contribution in [0.25, 0.3) is 11.5 Å². The summed E-state index contributed by atoms with van der Waals surface area (Å²) in [5, 5.41) is 3.38. The van der Waals surface area contributed by atoms with Crippen LogP contribution < -0.4 is 10.1 Å². The van der Waals surface area contributed by atoms with E-state index in [1.807, 2.05) is 12.1 Å². The fourth-order valence-electron chi connectivity index (χ4n) is 2.28. The van der Waals surface area contributed by atoms with Crippen LogP contribution in [0.5, 0.6) is 5.88 Å². The Balaban J connectivity index is 1.70. The summed E-state index contributed by atoms with van der Waals surface area (Å²) in [6, 6.07) is 3.69. The van der Waals surface area contributed by atoms with E-state index >= 15 is 0 Å². The standard InChI is InChI=1S/C14H17N3O2/c1-3-11(9-15-5-1)10-19-14-13(16-6-7-17-14)12-4-2-8-18-12/h2,4,6-8,11,15H,1,3,5,9-10H2. The van der Waals surface area contributed by atoms with Crippen LogP contribution in [0.1, 0.15) is 12.8 Å². The third-order valence-electron chi connectivity index (χ3n) is 3.27. The predicted molar refractivity (Wildman–Crippen MR) is 70.8 cm³/mol. The summed E-state index contributed by atoms with van der Waals surface area (Å²) in [6.45, 7) is 2.79. The van der Waals surface area contributed by atoms with Crippen LogP contribution in [0.15, 0.2) is 35.2 Å². The Kier molecular flexibility index (Phi) is 3.74. The zero-order valence-corrected chi connectivity index (χ0v) is 10.7. The molecule has 0 amide bonds. The summed E-state index contributed by atoms with van der Waals surface area (Å²) in [4.78, 5) is 8.54. The third kappa shape index (κ3) is 2.93. The van der Waals surface area contributed by atoms with Crippen LogP contribution >= 0.6 is 0 Å². The van der Waals surface area contributed by atoms with Crippen LogP contribution in [0.4, 0.5) is 0 Å². The summed E-state index contributed by atoms with van der Waals surface area (Å²) in [7, 11) is 0. The molecule has 1 saturated heterocycles. The first-order valence-electron chi connectivity index (χ1n) is 6.62. The van der Waals surface area contributed by atoms with E-state index in [4.69, 9.17) is 9.15 Å². The van der Waals surface area contributed by atoms with Crippen molar-refractivity contribution in [2.45, 2.75) is 12.8 Å². The maximum Gasteiger partial charge on any atom is 0.243 e. The fourth-order valence-corrected chi connectivity index (χ4v) is 2.28. The number of hydrogen-bond acceptors (Lipinski definition) is 5. The zero-order valence-electron chi connectivity index (χ0n) is 10.7. The van der Waals surface area contributed by atoms with Crippen molar-refractivity contribution < 1.29 is 9.15 Å². The molecular formula is C14H17N3O2. The van der Waals surface area contributed by atoms with Crippen LogP contribution in [0, 0.1) is 5.92 Å². The molecule has 2 aromatic heterocycles. The van der Waals surface area contributed by atoms with Gasteiger partial charge in [0.15, 0.2) is 11.5 Å². The average Bonchev–Trinajstić information content (AvgIpc) is 3.01. The molecule has 2 aromatic rings.